The monoisotopic (exact) mass is 556 g/mol. The number of β-lactam (4-membered cyclic amide) rings is 1. The molecule has 34 heavy (non-hydrogen) atoms. The van der Waals surface area contributed by atoms with E-state index in [1.54, 1.807) is 20.8 Å². The minimum absolute atomic E-state index is 0.0794. The third-order valence-electron chi connectivity index (χ3n) is 4.91. The van der Waals surface area contributed by atoms with E-state index in [0.29, 0.717) is 16.5 Å². The van der Waals surface area contributed by atoms with Crippen LogP contribution in [0.5, 0.6) is 0 Å². The Morgan fingerprint density at radius 2 is 1.91 bits per heavy atom. The van der Waals surface area contributed by atoms with E-state index in [9.17, 15) is 24.5 Å². The lowest BCUT2D eigenvalue weighted by Crippen LogP contribution is -2.63. The van der Waals surface area contributed by atoms with Gasteiger partial charge in [0.15, 0.2) is 0 Å². The van der Waals surface area contributed by atoms with E-state index >= 15 is 0 Å². The van der Waals surface area contributed by atoms with Crippen molar-refractivity contribution in [3.05, 3.63) is 62.7 Å². The Balaban J connectivity index is 2.09. The summed E-state index contributed by atoms with van der Waals surface area (Å²) in [5.74, 6) is -1.78. The standard InChI is InChI=1S/C22H25BrN2O8S/c1-12(2)18(21(27)31-5)24-19(26)17(20(24)34-13(3)10-23)14(4)33-22(28)32-11-15-6-8-16(9-7-15)25(29)30/h6-9,14,17,20H,3,10-11H2,1-2,4-5H3/t14?,17-,20+/m0/s1. The Hall–Kier alpha value is -2.86. The van der Waals surface area contributed by atoms with Gasteiger partial charge in [-0.15, -0.1) is 11.8 Å². The molecule has 10 nitrogen and oxygen atoms in total. The summed E-state index contributed by atoms with van der Waals surface area (Å²) in [6.07, 6.45) is -1.85. The highest BCUT2D eigenvalue weighted by atomic mass is 79.9. The number of nitro benzene ring substituents is 1. The first-order valence-corrected chi connectivity index (χ1v) is 12.1. The number of thioether (sulfide) groups is 1. The number of ether oxygens (including phenoxy) is 3. The van der Waals surface area contributed by atoms with Crippen molar-refractivity contribution in [3.63, 3.8) is 0 Å². The molecule has 1 aromatic carbocycles. The van der Waals surface area contributed by atoms with Crippen molar-refractivity contribution in [2.45, 2.75) is 38.9 Å². The summed E-state index contributed by atoms with van der Waals surface area (Å²) in [4.78, 5) is 49.8. The summed E-state index contributed by atoms with van der Waals surface area (Å²) in [6.45, 7) is 8.74. The number of methoxy groups -OCH3 is 1. The number of carbonyl (C=O) groups excluding carboxylic acids is 3. The number of allylic oxidation sites excluding steroid dienone is 2. The molecule has 1 aliphatic rings. The molecular weight excluding hydrogens is 532 g/mol. The van der Waals surface area contributed by atoms with E-state index in [2.05, 4.69) is 22.5 Å². The summed E-state index contributed by atoms with van der Waals surface area (Å²) in [5, 5.41) is 10.7. The molecular formula is C22H25BrN2O8S. The molecule has 0 aromatic heterocycles. The molecule has 1 amide bonds. The summed E-state index contributed by atoms with van der Waals surface area (Å²) >= 11 is 4.61. The average molecular weight is 557 g/mol. The third-order valence-corrected chi connectivity index (χ3v) is 7.18. The summed E-state index contributed by atoms with van der Waals surface area (Å²) < 4.78 is 15.3. The fourth-order valence-electron chi connectivity index (χ4n) is 3.24. The van der Waals surface area contributed by atoms with Crippen molar-refractivity contribution < 1.29 is 33.5 Å². The van der Waals surface area contributed by atoms with Crippen LogP contribution in [0.3, 0.4) is 0 Å². The molecule has 0 bridgehead atoms. The predicted octanol–water partition coefficient (Wildman–Crippen LogP) is 4.53. The van der Waals surface area contributed by atoms with Crippen LogP contribution in [0, 0.1) is 16.0 Å². The Bertz CT molecular complexity index is 1010. The van der Waals surface area contributed by atoms with Gasteiger partial charge in [-0.1, -0.05) is 22.5 Å². The fraction of sp³-hybridized carbons (Fsp3) is 0.409. The SMILES string of the molecule is C=C(CBr)S[C@@H]1[C@@H](C(C)OC(=O)OCc2ccc([N+](=O)[O-])cc2)C(=O)N1C(C(=O)OC)=C(C)C. The van der Waals surface area contributed by atoms with Gasteiger partial charge in [0.2, 0.25) is 5.91 Å². The number of non-ortho nitro benzene ring substituents is 1. The number of benzene rings is 1. The Labute approximate surface area is 209 Å². The molecule has 1 fully saturated rings. The highest BCUT2D eigenvalue weighted by molar-refractivity contribution is 9.09. The molecule has 12 heteroatoms. The number of esters is 1. The number of hydrogen-bond acceptors (Lipinski definition) is 9. The number of hydrogen-bond donors (Lipinski definition) is 0. The number of halogens is 1. The van der Waals surface area contributed by atoms with Gasteiger partial charge in [0.05, 0.1) is 12.0 Å². The van der Waals surface area contributed by atoms with Crippen LogP contribution < -0.4 is 0 Å². The van der Waals surface area contributed by atoms with E-state index in [4.69, 9.17) is 14.2 Å². The lowest BCUT2D eigenvalue weighted by Gasteiger charge is -2.48. The van der Waals surface area contributed by atoms with E-state index in [0.717, 1.165) is 4.91 Å². The molecule has 0 radical (unpaired) electrons. The lowest BCUT2D eigenvalue weighted by atomic mass is 9.91. The van der Waals surface area contributed by atoms with Gasteiger partial charge in [-0.25, -0.2) is 9.59 Å². The van der Waals surface area contributed by atoms with Gasteiger partial charge in [-0.2, -0.15) is 0 Å². The maximum atomic E-state index is 13.0. The molecule has 184 valence electrons. The smallest absolute Gasteiger partial charge is 0.464 e. The van der Waals surface area contributed by atoms with Gasteiger partial charge in [-0.3, -0.25) is 19.8 Å². The van der Waals surface area contributed by atoms with Gasteiger partial charge < -0.3 is 14.2 Å². The molecule has 1 aromatic rings. The zero-order valence-electron chi connectivity index (χ0n) is 19.1. The van der Waals surface area contributed by atoms with Crippen molar-refractivity contribution in [1.82, 2.24) is 4.90 Å². The van der Waals surface area contributed by atoms with E-state index in [1.165, 1.54) is 48.0 Å². The maximum Gasteiger partial charge on any atom is 0.508 e. The molecule has 1 unspecified atom stereocenters. The van der Waals surface area contributed by atoms with Crippen LogP contribution in [-0.4, -0.2) is 51.8 Å². The zero-order valence-corrected chi connectivity index (χ0v) is 21.5. The minimum atomic E-state index is -0.990. The summed E-state index contributed by atoms with van der Waals surface area (Å²) in [6, 6.07) is 5.53. The Morgan fingerprint density at radius 1 is 1.29 bits per heavy atom. The number of rotatable bonds is 10. The van der Waals surface area contributed by atoms with E-state index < -0.39 is 40.4 Å². The summed E-state index contributed by atoms with van der Waals surface area (Å²) in [7, 11) is 1.24. The molecule has 0 saturated carbocycles. The molecule has 1 saturated heterocycles. The van der Waals surface area contributed by atoms with Gasteiger partial charge in [-0.05, 0) is 48.9 Å². The number of nitro groups is 1. The van der Waals surface area contributed by atoms with Crippen LogP contribution in [0.4, 0.5) is 10.5 Å². The molecule has 0 aliphatic carbocycles. The van der Waals surface area contributed by atoms with Crippen LogP contribution in [0.25, 0.3) is 0 Å². The second kappa shape index (κ2) is 12.0. The zero-order chi connectivity index (χ0) is 25.6. The van der Waals surface area contributed by atoms with Crippen LogP contribution in [0.15, 0.2) is 47.0 Å². The van der Waals surface area contributed by atoms with Crippen LogP contribution in [-0.2, 0) is 30.4 Å². The Morgan fingerprint density at radius 3 is 2.41 bits per heavy atom. The second-order valence-corrected chi connectivity index (χ2v) is 9.40. The fourth-order valence-corrected chi connectivity index (χ4v) is 4.84. The number of likely N-dealkylation sites (tertiary alicyclic amines) is 1. The van der Waals surface area contributed by atoms with Gasteiger partial charge in [0.1, 0.15) is 29.7 Å². The van der Waals surface area contributed by atoms with Crippen LogP contribution in [0.2, 0.25) is 0 Å². The minimum Gasteiger partial charge on any atom is -0.464 e. The van der Waals surface area contributed by atoms with Crippen LogP contribution in [0.1, 0.15) is 26.3 Å². The van der Waals surface area contributed by atoms with Crippen molar-refractivity contribution in [2.24, 2.45) is 5.92 Å². The first-order chi connectivity index (χ1) is 16.0. The quantitative estimate of drug-likeness (QED) is 0.102. The first-order valence-electron chi connectivity index (χ1n) is 10.1. The van der Waals surface area contributed by atoms with Gasteiger partial charge >= 0.3 is 12.1 Å². The van der Waals surface area contributed by atoms with Crippen molar-refractivity contribution in [1.29, 1.82) is 0 Å². The molecule has 3 atom stereocenters. The predicted molar refractivity (Wildman–Crippen MR) is 129 cm³/mol. The van der Waals surface area contributed by atoms with Crippen molar-refractivity contribution in [2.75, 3.05) is 12.4 Å². The first kappa shape index (κ1) is 27.4. The maximum absolute atomic E-state index is 13.0. The Kier molecular flexibility index (Phi) is 9.68. The molecule has 1 aliphatic heterocycles. The lowest BCUT2D eigenvalue weighted by molar-refractivity contribution is -0.384. The highest BCUT2D eigenvalue weighted by Crippen LogP contribution is 2.44. The third kappa shape index (κ3) is 6.38. The number of amides is 1. The van der Waals surface area contributed by atoms with E-state index in [1.807, 2.05) is 0 Å². The topological polar surface area (TPSA) is 125 Å². The summed E-state index contributed by atoms with van der Waals surface area (Å²) in [5.41, 5.74) is 1.19. The highest BCUT2D eigenvalue weighted by Gasteiger charge is 2.55. The largest absolute Gasteiger partial charge is 0.508 e. The number of carbonyl (C=O) groups is 3. The second-order valence-electron chi connectivity index (χ2n) is 7.54. The van der Waals surface area contributed by atoms with Crippen molar-refractivity contribution >= 4 is 51.4 Å². The van der Waals surface area contributed by atoms with Gasteiger partial charge in [0.25, 0.3) is 5.69 Å². The molecule has 1 heterocycles. The number of alkyl halides is 1. The van der Waals surface area contributed by atoms with E-state index in [-0.39, 0.29) is 18.0 Å². The average Bonchev–Trinajstić information content (AvgIpc) is 2.79. The van der Waals surface area contributed by atoms with Crippen LogP contribution >= 0.6 is 27.7 Å². The van der Waals surface area contributed by atoms with Crippen molar-refractivity contribution in [3.8, 4) is 0 Å². The molecule has 0 N–H and O–H groups in total. The molecule has 0 spiro atoms. The molecule has 2 rings (SSSR count). The normalized spacial score (nSPS) is 17.8. The van der Waals surface area contributed by atoms with Gasteiger partial charge in [0, 0.05) is 17.5 Å². The number of nitrogens with zero attached hydrogens (tertiary/aromatic N) is 2.